The van der Waals surface area contributed by atoms with Crippen LogP contribution in [0.15, 0.2) is 42.5 Å². The highest BCUT2D eigenvalue weighted by molar-refractivity contribution is 6.42. The smallest absolute Gasteiger partial charge is 0.254 e. The van der Waals surface area contributed by atoms with Gasteiger partial charge in [-0.25, -0.2) is 4.39 Å². The molecule has 2 aromatic rings. The second-order valence-electron chi connectivity index (χ2n) is 7.99. The van der Waals surface area contributed by atoms with E-state index in [1.165, 1.54) is 18.2 Å². The Morgan fingerprint density at radius 2 is 1.94 bits per heavy atom. The van der Waals surface area contributed by atoms with E-state index >= 15 is 0 Å². The van der Waals surface area contributed by atoms with Crippen LogP contribution in [0.4, 0.5) is 4.39 Å². The number of morpholine rings is 1. The van der Waals surface area contributed by atoms with Crippen LogP contribution in [-0.2, 0) is 4.74 Å². The fraction of sp³-hybridized carbons (Fsp3) is 0.391. The Kier molecular flexibility index (Phi) is 7.92. The maximum atomic E-state index is 13.6. The van der Waals surface area contributed by atoms with Crippen molar-refractivity contribution in [2.24, 2.45) is 5.92 Å². The molecule has 1 heterocycles. The van der Waals surface area contributed by atoms with Crippen LogP contribution < -0.4 is 0 Å². The maximum absolute atomic E-state index is 13.6. The number of rotatable bonds is 6. The molecular formula is C23H25Cl2FN2O3. The lowest BCUT2D eigenvalue weighted by atomic mass is 10.1. The first kappa shape index (κ1) is 23.5. The van der Waals surface area contributed by atoms with E-state index in [-0.39, 0.29) is 23.8 Å². The molecule has 1 aliphatic heterocycles. The van der Waals surface area contributed by atoms with Gasteiger partial charge in [0.2, 0.25) is 0 Å². The Morgan fingerprint density at radius 1 is 1.16 bits per heavy atom. The molecule has 5 nitrogen and oxygen atoms in total. The molecule has 0 N–H and O–H groups in total. The summed E-state index contributed by atoms with van der Waals surface area (Å²) < 4.78 is 19.5. The SMILES string of the molecule is CC(C)CN(C[C@@H]1CN(C(=O)c2ccc(Cl)c(Cl)c2)CCO1)C(=O)c1cccc(F)c1. The number of hydrogen-bond donors (Lipinski definition) is 0. The van der Waals surface area contributed by atoms with Crippen molar-refractivity contribution in [3.8, 4) is 0 Å². The van der Waals surface area contributed by atoms with E-state index < -0.39 is 5.82 Å². The summed E-state index contributed by atoms with van der Waals surface area (Å²) >= 11 is 12.0. The quantitative estimate of drug-likeness (QED) is 0.615. The molecule has 0 spiro atoms. The molecule has 0 aromatic heterocycles. The second kappa shape index (κ2) is 10.4. The third kappa shape index (κ3) is 6.19. The molecule has 1 atom stereocenters. The van der Waals surface area contributed by atoms with Crippen LogP contribution in [-0.4, -0.2) is 60.5 Å². The van der Waals surface area contributed by atoms with Crippen LogP contribution in [0.5, 0.6) is 0 Å². The van der Waals surface area contributed by atoms with Gasteiger partial charge in [0.05, 0.1) is 22.8 Å². The van der Waals surface area contributed by atoms with Gasteiger partial charge in [-0.1, -0.05) is 43.1 Å². The number of benzene rings is 2. The van der Waals surface area contributed by atoms with Gasteiger partial charge in [0.15, 0.2) is 0 Å². The first-order chi connectivity index (χ1) is 14.7. The number of carbonyl (C=O) groups excluding carboxylic acids is 2. The Bertz CT molecular complexity index is 954. The zero-order chi connectivity index (χ0) is 22.5. The van der Waals surface area contributed by atoms with Gasteiger partial charge in [-0.3, -0.25) is 9.59 Å². The molecule has 8 heteroatoms. The number of halogens is 3. The van der Waals surface area contributed by atoms with Gasteiger partial charge in [0.1, 0.15) is 5.82 Å². The summed E-state index contributed by atoms with van der Waals surface area (Å²) in [6.07, 6.45) is -0.350. The van der Waals surface area contributed by atoms with Crippen molar-refractivity contribution in [2.75, 3.05) is 32.8 Å². The Hall–Kier alpha value is -2.15. The number of hydrogen-bond acceptors (Lipinski definition) is 3. The molecule has 0 unspecified atom stereocenters. The topological polar surface area (TPSA) is 49.9 Å². The normalized spacial score (nSPS) is 16.5. The number of nitrogens with zero attached hydrogens (tertiary/aromatic N) is 2. The van der Waals surface area contributed by atoms with E-state index in [0.717, 1.165) is 0 Å². The van der Waals surface area contributed by atoms with E-state index in [0.29, 0.717) is 54.0 Å². The summed E-state index contributed by atoms with van der Waals surface area (Å²) in [5, 5.41) is 0.708. The monoisotopic (exact) mass is 466 g/mol. The van der Waals surface area contributed by atoms with Crippen LogP contribution in [0.25, 0.3) is 0 Å². The molecule has 2 aromatic carbocycles. The molecule has 3 rings (SSSR count). The summed E-state index contributed by atoms with van der Waals surface area (Å²) in [7, 11) is 0. The molecule has 0 bridgehead atoms. The van der Waals surface area contributed by atoms with Crippen molar-refractivity contribution in [3.63, 3.8) is 0 Å². The molecule has 1 saturated heterocycles. The van der Waals surface area contributed by atoms with E-state index in [1.807, 2.05) is 13.8 Å². The summed E-state index contributed by atoms with van der Waals surface area (Å²) in [5.41, 5.74) is 0.741. The van der Waals surface area contributed by atoms with E-state index in [1.54, 1.807) is 34.1 Å². The lowest BCUT2D eigenvalue weighted by Gasteiger charge is -2.36. The van der Waals surface area contributed by atoms with Crippen LogP contribution >= 0.6 is 23.2 Å². The summed E-state index contributed by atoms with van der Waals surface area (Å²) in [6.45, 7) is 5.96. The van der Waals surface area contributed by atoms with Crippen LogP contribution in [0.1, 0.15) is 34.6 Å². The van der Waals surface area contributed by atoms with Crippen molar-refractivity contribution in [1.82, 2.24) is 9.80 Å². The number of carbonyl (C=O) groups is 2. The fourth-order valence-electron chi connectivity index (χ4n) is 3.56. The predicted octanol–water partition coefficient (Wildman–Crippen LogP) is 4.77. The van der Waals surface area contributed by atoms with E-state index in [9.17, 15) is 14.0 Å². The summed E-state index contributed by atoms with van der Waals surface area (Å²) in [6, 6.07) is 10.4. The third-order valence-corrected chi connectivity index (χ3v) is 5.70. The summed E-state index contributed by atoms with van der Waals surface area (Å²) in [4.78, 5) is 29.3. The van der Waals surface area contributed by atoms with E-state index in [2.05, 4.69) is 0 Å². The fourth-order valence-corrected chi connectivity index (χ4v) is 3.86. The molecule has 1 fully saturated rings. The van der Waals surface area contributed by atoms with Gasteiger partial charge >= 0.3 is 0 Å². The standard InChI is InChI=1S/C23H25Cl2FN2O3/c1-15(2)12-28(23(30)16-4-3-5-18(26)10-16)14-19-13-27(8-9-31-19)22(29)17-6-7-20(24)21(25)11-17/h3-7,10-11,15,19H,8-9,12-14H2,1-2H3/t19-/m0/s1. The van der Waals surface area contributed by atoms with Gasteiger partial charge < -0.3 is 14.5 Å². The lowest BCUT2D eigenvalue weighted by molar-refractivity contribution is -0.0340. The highest BCUT2D eigenvalue weighted by Gasteiger charge is 2.29. The van der Waals surface area contributed by atoms with Gasteiger partial charge in [0, 0.05) is 37.3 Å². The predicted molar refractivity (Wildman–Crippen MR) is 119 cm³/mol. The van der Waals surface area contributed by atoms with Gasteiger partial charge in [-0.05, 0) is 42.3 Å². The molecular weight excluding hydrogens is 442 g/mol. The molecule has 2 amide bonds. The highest BCUT2D eigenvalue weighted by Crippen LogP contribution is 2.24. The van der Waals surface area contributed by atoms with Crippen molar-refractivity contribution >= 4 is 35.0 Å². The zero-order valence-corrected chi connectivity index (χ0v) is 19.0. The first-order valence-corrected chi connectivity index (χ1v) is 10.9. The number of amides is 2. The Morgan fingerprint density at radius 3 is 2.61 bits per heavy atom. The van der Waals surface area contributed by atoms with Crippen molar-refractivity contribution in [1.29, 1.82) is 0 Å². The third-order valence-electron chi connectivity index (χ3n) is 4.96. The van der Waals surface area contributed by atoms with Gasteiger partial charge in [-0.15, -0.1) is 0 Å². The first-order valence-electron chi connectivity index (χ1n) is 10.2. The van der Waals surface area contributed by atoms with Crippen molar-refractivity contribution in [2.45, 2.75) is 20.0 Å². The molecule has 0 aliphatic carbocycles. The molecule has 31 heavy (non-hydrogen) atoms. The van der Waals surface area contributed by atoms with Gasteiger partial charge in [0.25, 0.3) is 11.8 Å². The lowest BCUT2D eigenvalue weighted by Crippen LogP contribution is -2.51. The Balaban J connectivity index is 1.71. The number of ether oxygens (including phenoxy) is 1. The second-order valence-corrected chi connectivity index (χ2v) is 8.80. The molecule has 0 radical (unpaired) electrons. The van der Waals surface area contributed by atoms with Crippen LogP contribution in [0.3, 0.4) is 0 Å². The summed E-state index contributed by atoms with van der Waals surface area (Å²) in [5.74, 6) is -0.666. The van der Waals surface area contributed by atoms with Gasteiger partial charge in [-0.2, -0.15) is 0 Å². The van der Waals surface area contributed by atoms with Crippen LogP contribution in [0.2, 0.25) is 10.0 Å². The van der Waals surface area contributed by atoms with Crippen molar-refractivity contribution < 1.29 is 18.7 Å². The maximum Gasteiger partial charge on any atom is 0.254 e. The highest BCUT2D eigenvalue weighted by atomic mass is 35.5. The van der Waals surface area contributed by atoms with E-state index in [4.69, 9.17) is 27.9 Å². The minimum Gasteiger partial charge on any atom is -0.373 e. The molecule has 166 valence electrons. The minimum absolute atomic E-state index is 0.168. The Labute approximate surface area is 191 Å². The van der Waals surface area contributed by atoms with Crippen LogP contribution in [0, 0.1) is 11.7 Å². The molecule has 1 aliphatic rings. The average molecular weight is 467 g/mol. The average Bonchev–Trinajstić information content (AvgIpc) is 2.74. The minimum atomic E-state index is -0.456. The zero-order valence-electron chi connectivity index (χ0n) is 17.5. The van der Waals surface area contributed by atoms with Crippen molar-refractivity contribution in [3.05, 3.63) is 69.5 Å². The molecule has 0 saturated carbocycles. The largest absolute Gasteiger partial charge is 0.373 e.